The van der Waals surface area contributed by atoms with E-state index in [1.807, 2.05) is 18.2 Å². The lowest BCUT2D eigenvalue weighted by molar-refractivity contribution is 0.498. The Labute approximate surface area is 155 Å². The van der Waals surface area contributed by atoms with Gasteiger partial charge >= 0.3 is 11.3 Å². The topological polar surface area (TPSA) is 86.2 Å². The van der Waals surface area contributed by atoms with E-state index < -0.39 is 11.3 Å². The average molecular weight is 376 g/mol. The van der Waals surface area contributed by atoms with Crippen molar-refractivity contribution in [3.63, 3.8) is 0 Å². The highest BCUT2D eigenvalue weighted by Gasteiger charge is 2.14. The van der Waals surface area contributed by atoms with Crippen LogP contribution < -0.4 is 21.8 Å². The third kappa shape index (κ3) is 2.72. The Morgan fingerprint density at radius 3 is 2.37 bits per heavy atom. The van der Waals surface area contributed by atoms with Crippen molar-refractivity contribution in [1.82, 2.24) is 9.97 Å². The van der Waals surface area contributed by atoms with E-state index in [1.165, 1.54) is 11.3 Å². The van der Waals surface area contributed by atoms with Crippen LogP contribution in [-0.2, 0) is 0 Å². The maximum absolute atomic E-state index is 12.2. The first kappa shape index (κ1) is 15.9. The molecule has 3 heterocycles. The fourth-order valence-electron chi connectivity index (χ4n) is 3.03. The molecule has 1 aromatic carbocycles. The first-order valence-electron chi connectivity index (χ1n) is 8.41. The number of nitrogens with zero attached hydrogens (tertiary/aromatic N) is 2. The molecule has 0 fully saturated rings. The molecule has 0 radical (unpaired) electrons. The van der Waals surface area contributed by atoms with Crippen molar-refractivity contribution < 1.29 is 8.83 Å². The Morgan fingerprint density at radius 2 is 1.52 bits per heavy atom. The van der Waals surface area contributed by atoms with Crippen LogP contribution in [0.15, 0.2) is 54.8 Å². The van der Waals surface area contributed by atoms with Gasteiger partial charge in [0.25, 0.3) is 0 Å². The molecule has 0 unspecified atom stereocenters. The molecule has 5 rings (SSSR count). The van der Waals surface area contributed by atoms with Crippen molar-refractivity contribution in [1.29, 1.82) is 0 Å². The molecule has 27 heavy (non-hydrogen) atoms. The second kappa shape index (κ2) is 6.14. The fourth-order valence-corrected chi connectivity index (χ4v) is 3.89. The van der Waals surface area contributed by atoms with Crippen molar-refractivity contribution >= 4 is 34.4 Å². The number of fused-ring (bicyclic) bond motifs is 2. The summed E-state index contributed by atoms with van der Waals surface area (Å²) in [4.78, 5) is 34.6. The molecule has 0 N–H and O–H groups in total. The van der Waals surface area contributed by atoms with Gasteiger partial charge in [0.2, 0.25) is 11.8 Å². The van der Waals surface area contributed by atoms with Gasteiger partial charge in [0.15, 0.2) is 0 Å². The van der Waals surface area contributed by atoms with E-state index in [1.54, 1.807) is 30.3 Å². The third-order valence-corrected chi connectivity index (χ3v) is 5.38. The molecule has 0 bridgehead atoms. The number of hydrogen-bond acceptors (Lipinski definition) is 7. The van der Waals surface area contributed by atoms with E-state index in [2.05, 4.69) is 9.97 Å². The maximum atomic E-state index is 12.2. The molecule has 6 nitrogen and oxygen atoms in total. The largest absolute Gasteiger partial charge is 0.402 e. The van der Waals surface area contributed by atoms with Gasteiger partial charge in [-0.2, -0.15) is 0 Å². The summed E-state index contributed by atoms with van der Waals surface area (Å²) in [5.74, 6) is 0.486. The van der Waals surface area contributed by atoms with E-state index in [9.17, 15) is 9.59 Å². The van der Waals surface area contributed by atoms with E-state index in [4.69, 9.17) is 8.83 Å². The predicted octanol–water partition coefficient (Wildman–Crippen LogP) is 2.29. The van der Waals surface area contributed by atoms with Gasteiger partial charge in [0, 0.05) is 0 Å². The van der Waals surface area contributed by atoms with Crippen LogP contribution in [0.5, 0.6) is 0 Å². The minimum Gasteiger partial charge on any atom is -0.402 e. The number of benzene rings is 1. The summed E-state index contributed by atoms with van der Waals surface area (Å²) in [6, 6.07) is 10.6. The highest BCUT2D eigenvalue weighted by molar-refractivity contribution is 7.18. The number of aromatic nitrogens is 2. The van der Waals surface area contributed by atoms with Crippen LogP contribution in [-0.4, -0.2) is 9.97 Å². The molecule has 0 atom stereocenters. The molecule has 4 aromatic rings. The second-order valence-corrected chi connectivity index (χ2v) is 7.16. The number of rotatable bonds is 2. The zero-order valence-electron chi connectivity index (χ0n) is 14.0. The molecule has 1 aliphatic rings. The number of hydrogen-bond donors (Lipinski definition) is 0. The maximum Gasteiger partial charge on any atom is 0.347 e. The van der Waals surface area contributed by atoms with Gasteiger partial charge in [0.1, 0.15) is 0 Å². The second-order valence-electron chi connectivity index (χ2n) is 6.08. The molecule has 0 amide bonds. The molecule has 0 spiro atoms. The van der Waals surface area contributed by atoms with Crippen molar-refractivity contribution in [3.05, 3.63) is 67.8 Å². The summed E-state index contributed by atoms with van der Waals surface area (Å²) in [6.45, 7) is 0. The first-order chi connectivity index (χ1) is 13.2. The van der Waals surface area contributed by atoms with E-state index in [0.717, 1.165) is 12.8 Å². The summed E-state index contributed by atoms with van der Waals surface area (Å²) < 4.78 is 10.7. The summed E-state index contributed by atoms with van der Waals surface area (Å²) in [6.07, 6.45) is 5.46. The monoisotopic (exact) mass is 376 g/mol. The standard InChI is InChI=1S/C20H12N2O4S/c23-19-11-5-1-3-7-13(11)21-17(25-19)15-9-10-16(27-15)18-22-14-8-4-2-6-12(14)20(24)26-18/h1,3,5-10H,2,4H2. The Hall–Kier alpha value is -3.32. The summed E-state index contributed by atoms with van der Waals surface area (Å²) in [5.41, 5.74) is -0.257. The highest BCUT2D eigenvalue weighted by atomic mass is 32.1. The molecule has 7 heteroatoms. The zero-order chi connectivity index (χ0) is 18.4. The van der Waals surface area contributed by atoms with Crippen molar-refractivity contribution in [3.8, 4) is 21.5 Å². The minimum atomic E-state index is -0.436. The Kier molecular flexibility index (Phi) is 3.61. The van der Waals surface area contributed by atoms with Crippen LogP contribution in [0.2, 0.25) is 0 Å². The fraction of sp³-hybridized carbons (Fsp3) is 0.100. The van der Waals surface area contributed by atoms with E-state index in [-0.39, 0.29) is 11.8 Å². The summed E-state index contributed by atoms with van der Waals surface area (Å²) >= 11 is 1.30. The number of para-hydroxylation sites is 1. The molecule has 3 aromatic heterocycles. The summed E-state index contributed by atoms with van der Waals surface area (Å²) in [7, 11) is 0. The average Bonchev–Trinajstić information content (AvgIpc) is 3.18. The zero-order valence-corrected chi connectivity index (χ0v) is 14.8. The predicted molar refractivity (Wildman–Crippen MR) is 103 cm³/mol. The van der Waals surface area contributed by atoms with Crippen LogP contribution in [0.1, 0.15) is 12.8 Å². The van der Waals surface area contributed by atoms with E-state index in [0.29, 0.717) is 31.2 Å². The molecule has 0 aliphatic heterocycles. The molecular formula is C20H12N2O4S. The molecule has 0 saturated carbocycles. The minimum absolute atomic E-state index is 0.232. The van der Waals surface area contributed by atoms with Crippen LogP contribution >= 0.6 is 11.3 Å². The van der Waals surface area contributed by atoms with Gasteiger partial charge in [-0.1, -0.05) is 24.3 Å². The van der Waals surface area contributed by atoms with Gasteiger partial charge in [-0.3, -0.25) is 0 Å². The molecule has 132 valence electrons. The first-order valence-corrected chi connectivity index (χ1v) is 9.23. The smallest absolute Gasteiger partial charge is 0.347 e. The van der Waals surface area contributed by atoms with Gasteiger partial charge in [-0.05, 0) is 37.1 Å². The van der Waals surface area contributed by atoms with Crippen molar-refractivity contribution in [2.24, 2.45) is 0 Å². The Bertz CT molecular complexity index is 1430. The molecule has 1 aliphatic carbocycles. The molecule has 0 saturated heterocycles. The van der Waals surface area contributed by atoms with Gasteiger partial charge in [-0.25, -0.2) is 19.6 Å². The van der Waals surface area contributed by atoms with Gasteiger partial charge in [0.05, 0.1) is 31.2 Å². The van der Waals surface area contributed by atoms with Crippen LogP contribution in [0.25, 0.3) is 44.6 Å². The third-order valence-electron chi connectivity index (χ3n) is 4.32. The normalized spacial score (nSPS) is 13.0. The Morgan fingerprint density at radius 1 is 0.815 bits per heavy atom. The lowest BCUT2D eigenvalue weighted by Gasteiger charge is -2.00. The highest BCUT2D eigenvalue weighted by Crippen LogP contribution is 2.32. The van der Waals surface area contributed by atoms with Crippen LogP contribution in [0.3, 0.4) is 0 Å². The molecular weight excluding hydrogens is 364 g/mol. The Balaban J connectivity index is 1.63. The number of thiophene rings is 1. The SMILES string of the molecule is O=c1oc(-c2ccc(-c3nc4ccccc4c(=O)o3)s2)nc2c1=CCCC=2. The van der Waals surface area contributed by atoms with Gasteiger partial charge in [-0.15, -0.1) is 11.3 Å². The lowest BCUT2D eigenvalue weighted by atomic mass is 10.2. The van der Waals surface area contributed by atoms with Crippen LogP contribution in [0, 0.1) is 0 Å². The van der Waals surface area contributed by atoms with Crippen molar-refractivity contribution in [2.75, 3.05) is 0 Å². The van der Waals surface area contributed by atoms with Crippen LogP contribution in [0.4, 0.5) is 0 Å². The van der Waals surface area contributed by atoms with Gasteiger partial charge < -0.3 is 8.83 Å². The van der Waals surface area contributed by atoms with E-state index >= 15 is 0 Å². The lowest BCUT2D eigenvalue weighted by Crippen LogP contribution is -2.42. The summed E-state index contributed by atoms with van der Waals surface area (Å²) in [5, 5.41) is 1.61. The van der Waals surface area contributed by atoms with Crippen molar-refractivity contribution in [2.45, 2.75) is 12.8 Å². The quantitative estimate of drug-likeness (QED) is 0.534.